The number of nitrogens with zero attached hydrogens (tertiary/aromatic N) is 4. The fourth-order valence-electron chi connectivity index (χ4n) is 3.49. The van der Waals surface area contributed by atoms with E-state index in [4.69, 9.17) is 10.7 Å². The molecule has 25 heavy (non-hydrogen) atoms. The first-order valence-electron chi connectivity index (χ1n) is 8.85. The van der Waals surface area contributed by atoms with Gasteiger partial charge in [-0.15, -0.1) is 0 Å². The van der Waals surface area contributed by atoms with Crippen LogP contribution in [0.15, 0.2) is 42.6 Å². The number of likely N-dealkylation sites (N-methyl/N-ethyl adjacent to an activating group) is 1. The molecule has 0 radical (unpaired) electrons. The first kappa shape index (κ1) is 16.1. The molecule has 130 valence electrons. The summed E-state index contributed by atoms with van der Waals surface area (Å²) < 4.78 is 2.25. The Morgan fingerprint density at radius 2 is 1.76 bits per heavy atom. The lowest BCUT2D eigenvalue weighted by Gasteiger charge is -2.32. The molecular weight excluding hydrogens is 310 g/mol. The standard InChI is InChI=1S/C20H25N5/c1-15-4-3-9-25-18(14-24-12-10-23(2)11-13-24)19(22-20(15)25)16-5-7-17(21)8-6-16/h3-9H,10-14,21H2,1-2H3. The van der Waals surface area contributed by atoms with Gasteiger partial charge >= 0.3 is 0 Å². The average molecular weight is 335 g/mol. The van der Waals surface area contributed by atoms with Crippen LogP contribution in [0.3, 0.4) is 0 Å². The van der Waals surface area contributed by atoms with Gasteiger partial charge in [-0.05, 0) is 37.7 Å². The summed E-state index contributed by atoms with van der Waals surface area (Å²) in [6.07, 6.45) is 2.13. The Morgan fingerprint density at radius 1 is 1.04 bits per heavy atom. The number of anilines is 1. The number of benzene rings is 1. The normalized spacial score (nSPS) is 16.6. The van der Waals surface area contributed by atoms with E-state index in [-0.39, 0.29) is 0 Å². The molecule has 2 aromatic heterocycles. The fourth-order valence-corrected chi connectivity index (χ4v) is 3.49. The van der Waals surface area contributed by atoms with Crippen molar-refractivity contribution in [2.45, 2.75) is 13.5 Å². The minimum Gasteiger partial charge on any atom is -0.399 e. The summed E-state index contributed by atoms with van der Waals surface area (Å²) in [6, 6.07) is 12.3. The topological polar surface area (TPSA) is 49.8 Å². The third-order valence-corrected chi connectivity index (χ3v) is 5.10. The number of aromatic nitrogens is 2. The van der Waals surface area contributed by atoms with Crippen LogP contribution < -0.4 is 5.73 Å². The number of imidazole rings is 1. The van der Waals surface area contributed by atoms with Crippen LogP contribution in [0.5, 0.6) is 0 Å². The number of nitrogens with two attached hydrogens (primary N) is 1. The molecule has 0 aliphatic carbocycles. The molecule has 0 unspecified atom stereocenters. The molecule has 1 aliphatic heterocycles. The Balaban J connectivity index is 1.78. The highest BCUT2D eigenvalue weighted by atomic mass is 15.3. The second-order valence-corrected chi connectivity index (χ2v) is 6.99. The van der Waals surface area contributed by atoms with Crippen molar-refractivity contribution in [3.05, 3.63) is 53.9 Å². The van der Waals surface area contributed by atoms with E-state index in [9.17, 15) is 0 Å². The highest BCUT2D eigenvalue weighted by molar-refractivity contribution is 5.69. The zero-order chi connectivity index (χ0) is 17.4. The van der Waals surface area contributed by atoms with E-state index in [1.54, 1.807) is 0 Å². The molecular formula is C20H25N5. The van der Waals surface area contributed by atoms with Crippen molar-refractivity contribution in [1.29, 1.82) is 0 Å². The average Bonchev–Trinajstić information content (AvgIpc) is 2.98. The number of nitrogen functional groups attached to an aromatic ring is 1. The molecule has 1 aromatic carbocycles. The second kappa shape index (κ2) is 6.50. The molecule has 0 amide bonds. The van der Waals surface area contributed by atoms with Crippen molar-refractivity contribution in [2.24, 2.45) is 0 Å². The highest BCUT2D eigenvalue weighted by Gasteiger charge is 2.20. The molecule has 0 bridgehead atoms. The summed E-state index contributed by atoms with van der Waals surface area (Å²) in [5, 5.41) is 0. The molecule has 0 atom stereocenters. The van der Waals surface area contributed by atoms with Crippen LogP contribution in [0.2, 0.25) is 0 Å². The maximum atomic E-state index is 5.87. The molecule has 5 heteroatoms. The zero-order valence-electron chi connectivity index (χ0n) is 14.9. The summed E-state index contributed by atoms with van der Waals surface area (Å²) in [5.74, 6) is 0. The van der Waals surface area contributed by atoms with Crippen molar-refractivity contribution in [3.63, 3.8) is 0 Å². The molecule has 3 aromatic rings. The SMILES string of the molecule is Cc1cccn2c(CN3CCN(C)CC3)c(-c3ccc(N)cc3)nc12. The van der Waals surface area contributed by atoms with Crippen LogP contribution >= 0.6 is 0 Å². The van der Waals surface area contributed by atoms with Gasteiger partial charge in [0.2, 0.25) is 0 Å². The first-order valence-corrected chi connectivity index (χ1v) is 8.85. The van der Waals surface area contributed by atoms with Crippen molar-refractivity contribution in [2.75, 3.05) is 39.0 Å². The van der Waals surface area contributed by atoms with Crippen molar-refractivity contribution < 1.29 is 0 Å². The number of rotatable bonds is 3. The molecule has 3 heterocycles. The maximum absolute atomic E-state index is 5.87. The lowest BCUT2D eigenvalue weighted by molar-refractivity contribution is 0.147. The van der Waals surface area contributed by atoms with Gasteiger partial charge < -0.3 is 15.0 Å². The number of piperazine rings is 1. The van der Waals surface area contributed by atoms with Gasteiger partial charge in [0.25, 0.3) is 0 Å². The summed E-state index contributed by atoms with van der Waals surface area (Å²) in [7, 11) is 2.19. The van der Waals surface area contributed by atoms with Crippen molar-refractivity contribution in [3.8, 4) is 11.3 Å². The third-order valence-electron chi connectivity index (χ3n) is 5.10. The van der Waals surface area contributed by atoms with E-state index in [0.717, 1.165) is 55.3 Å². The van der Waals surface area contributed by atoms with Gasteiger partial charge in [-0.3, -0.25) is 4.90 Å². The molecule has 1 saturated heterocycles. The van der Waals surface area contributed by atoms with Gasteiger partial charge in [-0.1, -0.05) is 18.2 Å². The Labute approximate surface area is 148 Å². The van der Waals surface area contributed by atoms with Gasteiger partial charge in [0.1, 0.15) is 5.65 Å². The summed E-state index contributed by atoms with van der Waals surface area (Å²) in [6.45, 7) is 7.46. The molecule has 0 spiro atoms. The predicted molar refractivity (Wildman–Crippen MR) is 103 cm³/mol. The van der Waals surface area contributed by atoms with Crippen LogP contribution in [0.25, 0.3) is 16.9 Å². The highest BCUT2D eigenvalue weighted by Crippen LogP contribution is 2.27. The van der Waals surface area contributed by atoms with Gasteiger partial charge in [0.05, 0.1) is 11.4 Å². The molecule has 0 saturated carbocycles. The van der Waals surface area contributed by atoms with Crippen LogP contribution in [-0.4, -0.2) is 52.4 Å². The van der Waals surface area contributed by atoms with E-state index in [1.165, 1.54) is 11.3 Å². The summed E-state index contributed by atoms with van der Waals surface area (Å²) in [4.78, 5) is 9.88. The van der Waals surface area contributed by atoms with Crippen LogP contribution in [-0.2, 0) is 6.54 Å². The lowest BCUT2D eigenvalue weighted by Crippen LogP contribution is -2.44. The van der Waals surface area contributed by atoms with E-state index in [1.807, 2.05) is 12.1 Å². The number of fused-ring (bicyclic) bond motifs is 1. The number of aryl methyl sites for hydroxylation is 1. The maximum Gasteiger partial charge on any atom is 0.140 e. The van der Waals surface area contributed by atoms with Crippen LogP contribution in [0.1, 0.15) is 11.3 Å². The Bertz CT molecular complexity index is 873. The Hall–Kier alpha value is -2.37. The first-order chi connectivity index (χ1) is 12.1. The zero-order valence-corrected chi connectivity index (χ0v) is 14.9. The smallest absolute Gasteiger partial charge is 0.140 e. The molecule has 5 nitrogen and oxygen atoms in total. The Morgan fingerprint density at radius 3 is 2.48 bits per heavy atom. The second-order valence-electron chi connectivity index (χ2n) is 6.99. The van der Waals surface area contributed by atoms with Gasteiger partial charge in [0, 0.05) is 50.2 Å². The minimum atomic E-state index is 0.782. The monoisotopic (exact) mass is 335 g/mol. The van der Waals surface area contributed by atoms with Gasteiger partial charge in [-0.25, -0.2) is 4.98 Å². The summed E-state index contributed by atoms with van der Waals surface area (Å²) in [5.41, 5.74) is 12.3. The molecule has 2 N–H and O–H groups in total. The number of hydrogen-bond acceptors (Lipinski definition) is 4. The summed E-state index contributed by atoms with van der Waals surface area (Å²) >= 11 is 0. The van der Waals surface area contributed by atoms with Crippen molar-refractivity contribution in [1.82, 2.24) is 19.2 Å². The van der Waals surface area contributed by atoms with Gasteiger partial charge in [0.15, 0.2) is 0 Å². The fraction of sp³-hybridized carbons (Fsp3) is 0.350. The molecule has 1 fully saturated rings. The van der Waals surface area contributed by atoms with E-state index in [0.29, 0.717) is 0 Å². The molecule has 4 rings (SSSR count). The minimum absolute atomic E-state index is 0.782. The Kier molecular flexibility index (Phi) is 4.19. The van der Waals surface area contributed by atoms with E-state index in [2.05, 4.69) is 58.6 Å². The number of hydrogen-bond donors (Lipinski definition) is 1. The van der Waals surface area contributed by atoms with Crippen molar-refractivity contribution >= 4 is 11.3 Å². The van der Waals surface area contributed by atoms with E-state index >= 15 is 0 Å². The largest absolute Gasteiger partial charge is 0.399 e. The molecule has 1 aliphatic rings. The predicted octanol–water partition coefficient (Wildman–Crippen LogP) is 2.64. The van der Waals surface area contributed by atoms with Gasteiger partial charge in [-0.2, -0.15) is 0 Å². The quantitative estimate of drug-likeness (QED) is 0.748. The van der Waals surface area contributed by atoms with Crippen LogP contribution in [0.4, 0.5) is 5.69 Å². The lowest BCUT2D eigenvalue weighted by atomic mass is 10.1. The van der Waals surface area contributed by atoms with Crippen LogP contribution in [0, 0.1) is 6.92 Å². The van der Waals surface area contributed by atoms with E-state index < -0.39 is 0 Å². The third kappa shape index (κ3) is 3.13. The number of pyridine rings is 1.